The van der Waals surface area contributed by atoms with E-state index in [0.29, 0.717) is 17.2 Å². The van der Waals surface area contributed by atoms with Crippen molar-refractivity contribution in [2.75, 3.05) is 25.8 Å². The second-order valence-electron chi connectivity index (χ2n) is 4.26. The van der Waals surface area contributed by atoms with Crippen LogP contribution in [0.2, 0.25) is 0 Å². The first-order chi connectivity index (χ1) is 9.15. The van der Waals surface area contributed by atoms with Gasteiger partial charge in [-0.15, -0.1) is 0 Å². The van der Waals surface area contributed by atoms with Crippen LogP contribution in [0.25, 0.3) is 0 Å². The number of ether oxygens (including phenoxy) is 3. The minimum absolute atomic E-state index is 0.0612. The molecular weight excluding hydrogens is 252 g/mol. The zero-order chi connectivity index (χ0) is 13.4. The summed E-state index contributed by atoms with van der Waals surface area (Å²) in [6.45, 7) is 0.242. The van der Waals surface area contributed by atoms with E-state index >= 15 is 0 Å². The second kappa shape index (κ2) is 4.34. The highest BCUT2D eigenvalue weighted by atomic mass is 16.7. The summed E-state index contributed by atoms with van der Waals surface area (Å²) in [5.74, 6) is 0.937. The number of carbonyl (C=O) groups excluding carboxylic acids is 2. The van der Waals surface area contributed by atoms with Crippen molar-refractivity contribution < 1.29 is 23.8 Å². The van der Waals surface area contributed by atoms with Crippen LogP contribution in [0.1, 0.15) is 0 Å². The van der Waals surface area contributed by atoms with E-state index in [1.807, 2.05) is 0 Å². The number of nitrogens with one attached hydrogen (secondary N) is 1. The lowest BCUT2D eigenvalue weighted by atomic mass is 10.2. The van der Waals surface area contributed by atoms with Gasteiger partial charge in [0.1, 0.15) is 12.6 Å². The Kier molecular flexibility index (Phi) is 2.66. The van der Waals surface area contributed by atoms with E-state index < -0.39 is 12.1 Å². The molecule has 1 unspecified atom stereocenters. The zero-order valence-electron chi connectivity index (χ0n) is 10.2. The van der Waals surface area contributed by atoms with Crippen LogP contribution >= 0.6 is 0 Å². The van der Waals surface area contributed by atoms with Gasteiger partial charge in [-0.25, -0.2) is 4.79 Å². The third-order valence-electron chi connectivity index (χ3n) is 3.06. The molecule has 2 heterocycles. The third-order valence-corrected chi connectivity index (χ3v) is 3.06. The maximum atomic E-state index is 12.0. The van der Waals surface area contributed by atoms with Gasteiger partial charge in [-0.05, 0) is 12.1 Å². The third kappa shape index (κ3) is 2.03. The Bertz CT molecular complexity index is 545. The molecule has 0 aromatic heterocycles. The lowest BCUT2D eigenvalue weighted by Gasteiger charge is -2.15. The molecule has 0 spiro atoms. The molecule has 1 aromatic carbocycles. The van der Waals surface area contributed by atoms with Crippen molar-refractivity contribution in [2.24, 2.45) is 0 Å². The van der Waals surface area contributed by atoms with Gasteiger partial charge in [-0.1, -0.05) is 0 Å². The molecule has 1 atom stereocenters. The summed E-state index contributed by atoms with van der Waals surface area (Å²) >= 11 is 0. The summed E-state index contributed by atoms with van der Waals surface area (Å²) in [5.41, 5.74) is 0.585. The van der Waals surface area contributed by atoms with Crippen LogP contribution in [-0.2, 0) is 9.53 Å². The zero-order valence-corrected chi connectivity index (χ0v) is 10.2. The first-order valence-corrected chi connectivity index (χ1v) is 5.75. The van der Waals surface area contributed by atoms with Gasteiger partial charge in [0.2, 0.25) is 6.79 Å². The Morgan fingerprint density at radius 3 is 2.84 bits per heavy atom. The molecule has 0 bridgehead atoms. The SMILES string of the molecule is CN1C(=O)OCC1C(=O)Nc1ccc2c(c1)OCO2. The highest BCUT2D eigenvalue weighted by Gasteiger charge is 2.35. The van der Waals surface area contributed by atoms with Gasteiger partial charge in [-0.2, -0.15) is 0 Å². The van der Waals surface area contributed by atoms with Crippen molar-refractivity contribution in [1.82, 2.24) is 4.90 Å². The van der Waals surface area contributed by atoms with Gasteiger partial charge in [0.05, 0.1) is 0 Å². The van der Waals surface area contributed by atoms with Crippen LogP contribution in [0.3, 0.4) is 0 Å². The summed E-state index contributed by atoms with van der Waals surface area (Å²) in [5, 5.41) is 2.72. The van der Waals surface area contributed by atoms with Crippen molar-refractivity contribution >= 4 is 17.7 Å². The van der Waals surface area contributed by atoms with E-state index in [-0.39, 0.29) is 19.3 Å². The minimum atomic E-state index is -0.613. The standard InChI is InChI=1S/C12H12N2O5/c1-14-8(5-17-12(14)16)11(15)13-7-2-3-9-10(4-7)19-6-18-9/h2-4,8H,5-6H2,1H3,(H,13,15). The second-order valence-corrected chi connectivity index (χ2v) is 4.26. The molecule has 1 N–H and O–H groups in total. The van der Waals surface area contributed by atoms with E-state index in [1.165, 1.54) is 11.9 Å². The summed E-state index contributed by atoms with van der Waals surface area (Å²) in [7, 11) is 1.53. The minimum Gasteiger partial charge on any atom is -0.454 e. The number of fused-ring (bicyclic) bond motifs is 1. The maximum absolute atomic E-state index is 12.0. The van der Waals surface area contributed by atoms with E-state index in [1.54, 1.807) is 18.2 Å². The number of carbonyl (C=O) groups is 2. The predicted molar refractivity (Wildman–Crippen MR) is 64.1 cm³/mol. The van der Waals surface area contributed by atoms with E-state index in [0.717, 1.165) is 0 Å². The number of rotatable bonds is 2. The molecule has 1 fully saturated rings. The number of hydrogen-bond donors (Lipinski definition) is 1. The summed E-state index contributed by atoms with van der Waals surface area (Å²) in [4.78, 5) is 24.5. The van der Waals surface area contributed by atoms with Crippen molar-refractivity contribution in [3.8, 4) is 11.5 Å². The lowest BCUT2D eigenvalue weighted by molar-refractivity contribution is -0.119. The van der Waals surface area contributed by atoms with Gasteiger partial charge in [0.15, 0.2) is 11.5 Å². The topological polar surface area (TPSA) is 77.1 Å². The van der Waals surface area contributed by atoms with Crippen LogP contribution in [-0.4, -0.2) is 43.4 Å². The smallest absolute Gasteiger partial charge is 0.410 e. The molecule has 2 amide bonds. The number of hydrogen-bond acceptors (Lipinski definition) is 5. The fraction of sp³-hybridized carbons (Fsp3) is 0.333. The number of amides is 2. The van der Waals surface area contributed by atoms with Gasteiger partial charge >= 0.3 is 6.09 Å². The Morgan fingerprint density at radius 1 is 1.32 bits per heavy atom. The molecule has 7 heteroatoms. The number of benzene rings is 1. The molecule has 7 nitrogen and oxygen atoms in total. The number of likely N-dealkylation sites (N-methyl/N-ethyl adjacent to an activating group) is 1. The summed E-state index contributed by atoms with van der Waals surface area (Å²) < 4.78 is 15.2. The highest BCUT2D eigenvalue weighted by molar-refractivity contribution is 5.97. The number of nitrogens with zero attached hydrogens (tertiary/aromatic N) is 1. The van der Waals surface area contributed by atoms with Crippen molar-refractivity contribution in [3.05, 3.63) is 18.2 Å². The number of cyclic esters (lactones) is 1. The molecular formula is C12H12N2O5. The van der Waals surface area contributed by atoms with Crippen molar-refractivity contribution in [3.63, 3.8) is 0 Å². The maximum Gasteiger partial charge on any atom is 0.410 e. The molecule has 100 valence electrons. The molecule has 1 aromatic rings. The van der Waals surface area contributed by atoms with Crippen LogP contribution in [0.15, 0.2) is 18.2 Å². The Labute approximate surface area is 109 Å². The molecule has 19 heavy (non-hydrogen) atoms. The summed E-state index contributed by atoms with van der Waals surface area (Å²) in [6, 6.07) is 4.50. The molecule has 2 aliphatic rings. The van der Waals surface area contributed by atoms with Gasteiger partial charge < -0.3 is 19.5 Å². The van der Waals surface area contributed by atoms with Crippen molar-refractivity contribution in [2.45, 2.75) is 6.04 Å². The lowest BCUT2D eigenvalue weighted by Crippen LogP contribution is -2.40. The Morgan fingerprint density at radius 2 is 2.11 bits per heavy atom. The fourth-order valence-electron chi connectivity index (χ4n) is 1.94. The monoisotopic (exact) mass is 264 g/mol. The van der Waals surface area contributed by atoms with Crippen LogP contribution in [0.4, 0.5) is 10.5 Å². The van der Waals surface area contributed by atoms with Gasteiger partial charge in [0, 0.05) is 18.8 Å². The fourth-order valence-corrected chi connectivity index (χ4v) is 1.94. The largest absolute Gasteiger partial charge is 0.454 e. The summed E-state index contributed by atoms with van der Waals surface area (Å²) in [6.07, 6.45) is -0.495. The van der Waals surface area contributed by atoms with Crippen LogP contribution in [0.5, 0.6) is 11.5 Å². The van der Waals surface area contributed by atoms with E-state index in [9.17, 15) is 9.59 Å². The molecule has 0 saturated carbocycles. The average Bonchev–Trinajstić information content (AvgIpc) is 2.97. The molecule has 1 saturated heterocycles. The highest BCUT2D eigenvalue weighted by Crippen LogP contribution is 2.34. The molecule has 0 radical (unpaired) electrons. The molecule has 2 aliphatic heterocycles. The van der Waals surface area contributed by atoms with Crippen LogP contribution < -0.4 is 14.8 Å². The Hall–Kier alpha value is -2.44. The Balaban J connectivity index is 1.71. The molecule has 0 aliphatic carbocycles. The van der Waals surface area contributed by atoms with Gasteiger partial charge in [0.25, 0.3) is 5.91 Å². The van der Waals surface area contributed by atoms with Crippen LogP contribution in [0, 0.1) is 0 Å². The molecule has 3 rings (SSSR count). The quantitative estimate of drug-likeness (QED) is 0.855. The van der Waals surface area contributed by atoms with E-state index in [4.69, 9.17) is 14.2 Å². The number of anilines is 1. The first kappa shape index (κ1) is 11.6. The average molecular weight is 264 g/mol. The van der Waals surface area contributed by atoms with E-state index in [2.05, 4.69) is 5.32 Å². The predicted octanol–water partition coefficient (Wildman–Crippen LogP) is 0.804. The van der Waals surface area contributed by atoms with Crippen molar-refractivity contribution in [1.29, 1.82) is 0 Å². The first-order valence-electron chi connectivity index (χ1n) is 5.75. The van der Waals surface area contributed by atoms with Gasteiger partial charge in [-0.3, -0.25) is 9.69 Å². The normalized spacial score (nSPS) is 20.4.